The van der Waals surface area contributed by atoms with Crippen molar-refractivity contribution in [3.63, 3.8) is 0 Å². The third-order valence-corrected chi connectivity index (χ3v) is 2.88. The topological polar surface area (TPSA) is 48.3 Å². The van der Waals surface area contributed by atoms with Crippen LogP contribution in [0.5, 0.6) is 11.6 Å². The van der Waals surface area contributed by atoms with Crippen LogP contribution in [-0.2, 0) is 7.05 Å². The summed E-state index contributed by atoms with van der Waals surface area (Å²) < 4.78 is 13.0. The van der Waals surface area contributed by atoms with Crippen LogP contribution in [0, 0.1) is 6.92 Å². The van der Waals surface area contributed by atoms with Crippen molar-refractivity contribution in [1.29, 1.82) is 0 Å². The van der Waals surface area contributed by atoms with Gasteiger partial charge in [-0.05, 0) is 32.9 Å². The zero-order chi connectivity index (χ0) is 11.5. The molecule has 5 nitrogen and oxygen atoms in total. The van der Waals surface area contributed by atoms with Crippen LogP contribution in [0.4, 0.5) is 0 Å². The van der Waals surface area contributed by atoms with E-state index in [0.29, 0.717) is 5.88 Å². The lowest BCUT2D eigenvalue weighted by Gasteiger charge is -2.23. The molecule has 2 rings (SSSR count). The number of hydrogen-bond acceptors (Lipinski definition) is 4. The van der Waals surface area contributed by atoms with Gasteiger partial charge in [-0.25, -0.2) is 4.68 Å². The summed E-state index contributed by atoms with van der Waals surface area (Å²) in [6.07, 6.45) is 2.35. The number of ether oxygens (including phenoxy) is 2. The Kier molecular flexibility index (Phi) is 3.33. The highest BCUT2D eigenvalue weighted by molar-refractivity contribution is 5.38. The molecule has 1 aliphatic heterocycles. The lowest BCUT2D eigenvalue weighted by Crippen LogP contribution is -2.34. The second-order valence-corrected chi connectivity index (χ2v) is 4.11. The zero-order valence-corrected chi connectivity index (χ0v) is 10.1. The summed E-state index contributed by atoms with van der Waals surface area (Å²) in [4.78, 5) is 0. The van der Waals surface area contributed by atoms with Crippen LogP contribution in [0.2, 0.25) is 0 Å². The normalized spacial score (nSPS) is 17.4. The Morgan fingerprint density at radius 1 is 1.38 bits per heavy atom. The van der Waals surface area contributed by atoms with Gasteiger partial charge in [-0.1, -0.05) is 0 Å². The van der Waals surface area contributed by atoms with E-state index in [1.165, 1.54) is 0 Å². The van der Waals surface area contributed by atoms with Crippen molar-refractivity contribution in [2.45, 2.75) is 25.9 Å². The number of nitrogens with one attached hydrogen (secondary N) is 1. The first-order valence-electron chi connectivity index (χ1n) is 5.67. The standard InChI is InChI=1S/C11H19N3O2/c1-8-10(11(15-3)14(2)13-8)16-9-4-6-12-7-5-9/h9,12H,4-7H2,1-3H3. The van der Waals surface area contributed by atoms with Gasteiger partial charge < -0.3 is 14.8 Å². The molecule has 0 bridgehead atoms. The quantitative estimate of drug-likeness (QED) is 0.829. The first-order chi connectivity index (χ1) is 7.72. The molecule has 1 fully saturated rings. The van der Waals surface area contributed by atoms with E-state index in [1.807, 2.05) is 14.0 Å². The van der Waals surface area contributed by atoms with Gasteiger partial charge >= 0.3 is 0 Å². The van der Waals surface area contributed by atoms with Gasteiger partial charge in [0.2, 0.25) is 5.75 Å². The fraction of sp³-hybridized carbons (Fsp3) is 0.727. The van der Waals surface area contributed by atoms with Crippen molar-refractivity contribution >= 4 is 0 Å². The molecule has 5 heteroatoms. The van der Waals surface area contributed by atoms with E-state index in [4.69, 9.17) is 9.47 Å². The Labute approximate surface area is 95.7 Å². The molecule has 1 aromatic rings. The maximum absolute atomic E-state index is 5.98. The molecule has 1 N–H and O–H groups in total. The van der Waals surface area contributed by atoms with E-state index in [2.05, 4.69) is 10.4 Å². The maximum atomic E-state index is 5.98. The van der Waals surface area contributed by atoms with Crippen LogP contribution in [0.25, 0.3) is 0 Å². The first kappa shape index (κ1) is 11.3. The second-order valence-electron chi connectivity index (χ2n) is 4.11. The van der Waals surface area contributed by atoms with Crippen LogP contribution in [0.15, 0.2) is 0 Å². The SMILES string of the molecule is COc1c(OC2CCNCC2)c(C)nn1C. The number of aryl methyl sites for hydroxylation is 2. The van der Waals surface area contributed by atoms with E-state index in [1.54, 1.807) is 11.8 Å². The van der Waals surface area contributed by atoms with Gasteiger partial charge in [0.15, 0.2) is 0 Å². The number of rotatable bonds is 3. The molecule has 0 radical (unpaired) electrons. The fourth-order valence-electron chi connectivity index (χ4n) is 2.06. The lowest BCUT2D eigenvalue weighted by atomic mass is 10.1. The van der Waals surface area contributed by atoms with Crippen molar-refractivity contribution in [1.82, 2.24) is 15.1 Å². The Morgan fingerprint density at radius 3 is 2.69 bits per heavy atom. The number of nitrogens with zero attached hydrogens (tertiary/aromatic N) is 2. The minimum atomic E-state index is 0.276. The fourth-order valence-corrected chi connectivity index (χ4v) is 2.06. The summed E-state index contributed by atoms with van der Waals surface area (Å²) in [7, 11) is 3.51. The Bertz CT molecular complexity index is 356. The highest BCUT2D eigenvalue weighted by Crippen LogP contribution is 2.31. The molecular weight excluding hydrogens is 206 g/mol. The molecule has 0 unspecified atom stereocenters. The molecular formula is C11H19N3O2. The van der Waals surface area contributed by atoms with Crippen LogP contribution < -0.4 is 14.8 Å². The number of hydrogen-bond donors (Lipinski definition) is 1. The summed E-state index contributed by atoms with van der Waals surface area (Å²) in [5.74, 6) is 1.49. The third kappa shape index (κ3) is 2.14. The van der Waals surface area contributed by atoms with Crippen LogP contribution in [-0.4, -0.2) is 36.1 Å². The molecule has 1 saturated heterocycles. The Balaban J connectivity index is 2.13. The van der Waals surface area contributed by atoms with Gasteiger partial charge in [0.25, 0.3) is 5.88 Å². The highest BCUT2D eigenvalue weighted by atomic mass is 16.5. The Hall–Kier alpha value is -1.23. The first-order valence-corrected chi connectivity index (χ1v) is 5.67. The predicted octanol–water partition coefficient (Wildman–Crippen LogP) is 0.868. The molecule has 1 aliphatic rings. The summed E-state index contributed by atoms with van der Waals surface area (Å²) in [5.41, 5.74) is 0.887. The molecule has 0 spiro atoms. The van der Waals surface area contributed by atoms with Crippen molar-refractivity contribution in [3.8, 4) is 11.6 Å². The highest BCUT2D eigenvalue weighted by Gasteiger charge is 2.21. The van der Waals surface area contributed by atoms with E-state index in [-0.39, 0.29) is 6.10 Å². The smallest absolute Gasteiger partial charge is 0.255 e. The van der Waals surface area contributed by atoms with E-state index >= 15 is 0 Å². The lowest BCUT2D eigenvalue weighted by molar-refractivity contribution is 0.155. The van der Waals surface area contributed by atoms with Crippen molar-refractivity contribution in [3.05, 3.63) is 5.69 Å². The summed E-state index contributed by atoms with van der Waals surface area (Å²) in [6, 6.07) is 0. The van der Waals surface area contributed by atoms with Crippen molar-refractivity contribution < 1.29 is 9.47 Å². The minimum Gasteiger partial charge on any atom is -0.483 e. The zero-order valence-electron chi connectivity index (χ0n) is 10.1. The van der Waals surface area contributed by atoms with Crippen LogP contribution in [0.1, 0.15) is 18.5 Å². The van der Waals surface area contributed by atoms with Crippen LogP contribution >= 0.6 is 0 Å². The largest absolute Gasteiger partial charge is 0.483 e. The average Bonchev–Trinajstić information content (AvgIpc) is 2.55. The maximum Gasteiger partial charge on any atom is 0.255 e. The summed E-state index contributed by atoms with van der Waals surface area (Å²) >= 11 is 0. The number of aromatic nitrogens is 2. The summed E-state index contributed by atoms with van der Waals surface area (Å²) in [6.45, 7) is 3.98. The van der Waals surface area contributed by atoms with Gasteiger partial charge in [-0.15, -0.1) is 0 Å². The van der Waals surface area contributed by atoms with Gasteiger partial charge in [0, 0.05) is 7.05 Å². The molecule has 0 aromatic carbocycles. The molecule has 16 heavy (non-hydrogen) atoms. The van der Waals surface area contributed by atoms with Crippen LogP contribution in [0.3, 0.4) is 0 Å². The molecule has 90 valence electrons. The van der Waals surface area contributed by atoms with E-state index < -0.39 is 0 Å². The van der Waals surface area contributed by atoms with E-state index in [0.717, 1.165) is 37.4 Å². The minimum absolute atomic E-state index is 0.276. The predicted molar refractivity (Wildman–Crippen MR) is 61.0 cm³/mol. The molecule has 1 aromatic heterocycles. The second kappa shape index (κ2) is 4.74. The van der Waals surface area contributed by atoms with Crippen molar-refractivity contribution in [2.75, 3.05) is 20.2 Å². The Morgan fingerprint density at radius 2 is 2.06 bits per heavy atom. The number of methoxy groups -OCH3 is 1. The van der Waals surface area contributed by atoms with Gasteiger partial charge in [-0.3, -0.25) is 0 Å². The molecule has 0 aliphatic carbocycles. The molecule has 2 heterocycles. The van der Waals surface area contributed by atoms with Gasteiger partial charge in [-0.2, -0.15) is 5.10 Å². The molecule has 0 atom stereocenters. The number of piperidine rings is 1. The monoisotopic (exact) mass is 225 g/mol. The van der Waals surface area contributed by atoms with Gasteiger partial charge in [0.05, 0.1) is 7.11 Å². The van der Waals surface area contributed by atoms with Crippen molar-refractivity contribution in [2.24, 2.45) is 7.05 Å². The molecule has 0 saturated carbocycles. The third-order valence-electron chi connectivity index (χ3n) is 2.88. The average molecular weight is 225 g/mol. The van der Waals surface area contributed by atoms with E-state index in [9.17, 15) is 0 Å². The summed E-state index contributed by atoms with van der Waals surface area (Å²) in [5, 5.41) is 7.62. The van der Waals surface area contributed by atoms with Gasteiger partial charge in [0.1, 0.15) is 11.8 Å². The molecule has 0 amide bonds.